The van der Waals surface area contributed by atoms with E-state index in [0.29, 0.717) is 22.7 Å². The number of hydrogen-bond acceptors (Lipinski definition) is 3. The highest BCUT2D eigenvalue weighted by Gasteiger charge is 2.47. The molecule has 1 N–H and O–H groups in total. The number of amides is 2. The molecule has 28 heavy (non-hydrogen) atoms. The quantitative estimate of drug-likeness (QED) is 0.795. The van der Waals surface area contributed by atoms with Crippen molar-refractivity contribution in [2.24, 2.45) is 5.92 Å². The molecule has 2 aromatic rings. The van der Waals surface area contributed by atoms with Crippen LogP contribution >= 0.6 is 0 Å². The van der Waals surface area contributed by atoms with Gasteiger partial charge >= 0.3 is 12.2 Å². The molecule has 0 aliphatic carbocycles. The van der Waals surface area contributed by atoms with Gasteiger partial charge in [0, 0.05) is 23.8 Å². The van der Waals surface area contributed by atoms with E-state index < -0.39 is 17.8 Å². The molecule has 1 aromatic heterocycles. The minimum atomic E-state index is -4.58. The number of aryl methyl sites for hydroxylation is 1. The van der Waals surface area contributed by atoms with Crippen LogP contribution in [0, 0.1) is 12.8 Å². The summed E-state index contributed by atoms with van der Waals surface area (Å²) in [6, 6.07) is 5.51. The average Bonchev–Trinajstić information content (AvgIpc) is 2.62. The van der Waals surface area contributed by atoms with Crippen LogP contribution in [0.1, 0.15) is 37.3 Å². The number of fused-ring (bicyclic) bond motifs is 2. The Morgan fingerprint density at radius 3 is 2.54 bits per heavy atom. The fraction of sp³-hybridized carbons (Fsp3) is 0.450. The number of rotatable bonds is 2. The van der Waals surface area contributed by atoms with Gasteiger partial charge in [0.2, 0.25) is 0 Å². The lowest BCUT2D eigenvalue weighted by molar-refractivity contribution is -0.136. The SMILES string of the molecule is Cc1cc(C(F)(F)F)c(NC(=O)N2[C@@H]3CC(C)C[C@H]2C3)cc1-c1cccnn1. The molecule has 4 rings (SSSR count). The van der Waals surface area contributed by atoms with Crippen molar-refractivity contribution in [1.29, 1.82) is 0 Å². The number of urea groups is 1. The first-order chi connectivity index (χ1) is 13.2. The standard InChI is InChI=1S/C20H21F3N4O/c1-11-6-13-9-14(7-11)27(13)19(28)25-18-10-15(17-4-3-5-24-26-17)12(2)8-16(18)20(21,22)23/h3-5,8,10-11,13-14H,6-7,9H2,1-2H3,(H,25,28)/t11?,13-,14+. The molecule has 3 heterocycles. The van der Waals surface area contributed by atoms with E-state index in [1.165, 1.54) is 12.3 Å². The Balaban J connectivity index is 1.67. The van der Waals surface area contributed by atoms with Crippen LogP contribution in [-0.4, -0.2) is 33.2 Å². The highest BCUT2D eigenvalue weighted by Crippen LogP contribution is 2.43. The normalized spacial score (nSPS) is 23.9. The monoisotopic (exact) mass is 390 g/mol. The summed E-state index contributed by atoms with van der Waals surface area (Å²) in [4.78, 5) is 14.4. The molecule has 2 aliphatic heterocycles. The topological polar surface area (TPSA) is 58.1 Å². The summed E-state index contributed by atoms with van der Waals surface area (Å²) in [6.07, 6.45) is -0.352. The molecule has 8 heteroatoms. The van der Waals surface area contributed by atoms with Gasteiger partial charge in [0.05, 0.1) is 16.9 Å². The van der Waals surface area contributed by atoms with Crippen LogP contribution in [0.4, 0.5) is 23.7 Å². The first-order valence-corrected chi connectivity index (χ1v) is 9.33. The first kappa shape index (κ1) is 18.7. The van der Waals surface area contributed by atoms with Crippen LogP contribution < -0.4 is 5.32 Å². The molecule has 0 radical (unpaired) electrons. The number of piperidine rings is 1. The van der Waals surface area contributed by atoms with E-state index in [2.05, 4.69) is 22.4 Å². The second-order valence-corrected chi connectivity index (χ2v) is 7.78. The molecular weight excluding hydrogens is 369 g/mol. The van der Waals surface area contributed by atoms with Crippen molar-refractivity contribution in [2.75, 3.05) is 5.32 Å². The van der Waals surface area contributed by atoms with E-state index in [9.17, 15) is 18.0 Å². The molecule has 1 aromatic carbocycles. The van der Waals surface area contributed by atoms with Crippen molar-refractivity contribution in [3.8, 4) is 11.3 Å². The highest BCUT2D eigenvalue weighted by atomic mass is 19.4. The van der Waals surface area contributed by atoms with Crippen LogP contribution in [0.5, 0.6) is 0 Å². The smallest absolute Gasteiger partial charge is 0.318 e. The number of carbonyl (C=O) groups is 1. The van der Waals surface area contributed by atoms with Crippen LogP contribution in [0.3, 0.4) is 0 Å². The molecule has 0 saturated carbocycles. The zero-order chi connectivity index (χ0) is 20.1. The number of hydrogen-bond donors (Lipinski definition) is 1. The Hall–Kier alpha value is -2.64. The van der Waals surface area contributed by atoms with Gasteiger partial charge in [0.25, 0.3) is 0 Å². The Kier molecular flexibility index (Phi) is 4.51. The van der Waals surface area contributed by atoms with Crippen LogP contribution in [0.2, 0.25) is 0 Å². The number of alkyl halides is 3. The summed E-state index contributed by atoms with van der Waals surface area (Å²) in [6.45, 7) is 3.73. The van der Waals surface area contributed by atoms with Crippen LogP contribution in [0.15, 0.2) is 30.5 Å². The molecular formula is C20H21F3N4O. The van der Waals surface area contributed by atoms with E-state index in [4.69, 9.17) is 0 Å². The second kappa shape index (κ2) is 6.76. The molecule has 2 amide bonds. The predicted molar refractivity (Wildman–Crippen MR) is 98.7 cm³/mol. The van der Waals surface area contributed by atoms with E-state index >= 15 is 0 Å². The van der Waals surface area contributed by atoms with Crippen LogP contribution in [-0.2, 0) is 6.18 Å². The number of benzene rings is 1. The predicted octanol–water partition coefficient (Wildman–Crippen LogP) is 4.88. The lowest BCUT2D eigenvalue weighted by atomic mass is 9.74. The van der Waals surface area contributed by atoms with Gasteiger partial charge < -0.3 is 10.2 Å². The number of aromatic nitrogens is 2. The Bertz CT molecular complexity index is 888. The summed E-state index contributed by atoms with van der Waals surface area (Å²) in [5.41, 5.74) is 0.278. The van der Waals surface area contributed by atoms with E-state index in [0.717, 1.165) is 25.3 Å². The lowest BCUT2D eigenvalue weighted by Crippen LogP contribution is -2.63. The maximum atomic E-state index is 13.6. The lowest BCUT2D eigenvalue weighted by Gasteiger charge is -2.54. The number of nitrogens with one attached hydrogen (secondary N) is 1. The van der Waals surface area contributed by atoms with Crippen molar-refractivity contribution in [1.82, 2.24) is 15.1 Å². The summed E-state index contributed by atoms with van der Waals surface area (Å²) >= 11 is 0. The highest BCUT2D eigenvalue weighted by molar-refractivity contribution is 5.92. The number of carbonyl (C=O) groups excluding carboxylic acids is 1. The van der Waals surface area contributed by atoms with E-state index in [-0.39, 0.29) is 17.8 Å². The summed E-state index contributed by atoms with van der Waals surface area (Å²) in [5.74, 6) is 0.543. The Labute approximate surface area is 161 Å². The maximum absolute atomic E-state index is 13.6. The van der Waals surface area contributed by atoms with Gasteiger partial charge in [-0.1, -0.05) is 6.92 Å². The third-order valence-corrected chi connectivity index (χ3v) is 5.67. The zero-order valence-corrected chi connectivity index (χ0v) is 15.6. The maximum Gasteiger partial charge on any atom is 0.418 e. The third kappa shape index (κ3) is 3.31. The largest absolute Gasteiger partial charge is 0.418 e. The minimum absolute atomic E-state index is 0.119. The zero-order valence-electron chi connectivity index (χ0n) is 15.6. The molecule has 3 atom stereocenters. The van der Waals surface area contributed by atoms with E-state index in [1.54, 1.807) is 24.0 Å². The molecule has 5 nitrogen and oxygen atoms in total. The van der Waals surface area contributed by atoms with Crippen molar-refractivity contribution in [3.05, 3.63) is 41.6 Å². The molecule has 0 spiro atoms. The average molecular weight is 390 g/mol. The van der Waals surface area contributed by atoms with Gasteiger partial charge in [-0.15, -0.1) is 0 Å². The minimum Gasteiger partial charge on any atom is -0.318 e. The van der Waals surface area contributed by atoms with Gasteiger partial charge in [-0.05, 0) is 61.9 Å². The molecule has 2 aliphatic rings. The fourth-order valence-electron chi connectivity index (χ4n) is 4.42. The molecule has 2 saturated heterocycles. The molecule has 2 bridgehead atoms. The summed E-state index contributed by atoms with van der Waals surface area (Å²) < 4.78 is 40.8. The Morgan fingerprint density at radius 2 is 1.93 bits per heavy atom. The molecule has 2 fully saturated rings. The van der Waals surface area contributed by atoms with Crippen molar-refractivity contribution in [3.63, 3.8) is 0 Å². The van der Waals surface area contributed by atoms with Crippen molar-refractivity contribution >= 4 is 11.7 Å². The van der Waals surface area contributed by atoms with Gasteiger partial charge in [0.15, 0.2) is 0 Å². The molecule has 148 valence electrons. The van der Waals surface area contributed by atoms with Crippen molar-refractivity contribution < 1.29 is 18.0 Å². The van der Waals surface area contributed by atoms with Crippen LogP contribution in [0.25, 0.3) is 11.3 Å². The fourth-order valence-corrected chi connectivity index (χ4v) is 4.42. The summed E-state index contributed by atoms with van der Waals surface area (Å²) in [5, 5.41) is 10.3. The third-order valence-electron chi connectivity index (χ3n) is 5.67. The van der Waals surface area contributed by atoms with Crippen molar-refractivity contribution in [2.45, 2.75) is 51.4 Å². The van der Waals surface area contributed by atoms with Gasteiger partial charge in [-0.2, -0.15) is 23.4 Å². The second-order valence-electron chi connectivity index (χ2n) is 7.78. The van der Waals surface area contributed by atoms with Gasteiger partial charge in [-0.3, -0.25) is 0 Å². The van der Waals surface area contributed by atoms with E-state index in [1.807, 2.05) is 0 Å². The number of nitrogens with zero attached hydrogens (tertiary/aromatic N) is 3. The number of halogens is 3. The Morgan fingerprint density at radius 1 is 1.21 bits per heavy atom. The molecule has 1 unspecified atom stereocenters. The van der Waals surface area contributed by atoms with Gasteiger partial charge in [-0.25, -0.2) is 4.79 Å². The summed E-state index contributed by atoms with van der Waals surface area (Å²) in [7, 11) is 0. The number of anilines is 1. The first-order valence-electron chi connectivity index (χ1n) is 9.33. The van der Waals surface area contributed by atoms with Gasteiger partial charge in [0.1, 0.15) is 0 Å².